The van der Waals surface area contributed by atoms with Crippen molar-refractivity contribution in [3.8, 4) is 0 Å². The first kappa shape index (κ1) is 14.4. The van der Waals surface area contributed by atoms with E-state index in [1.807, 2.05) is 6.08 Å². The lowest BCUT2D eigenvalue weighted by Gasteiger charge is -2.41. The fourth-order valence-electron chi connectivity index (χ4n) is 2.56. The van der Waals surface area contributed by atoms with E-state index < -0.39 is 5.60 Å². The summed E-state index contributed by atoms with van der Waals surface area (Å²) in [5.74, 6) is 0.289. The van der Waals surface area contributed by atoms with Gasteiger partial charge in [-0.05, 0) is 43.9 Å². The molecule has 0 bridgehead atoms. The van der Waals surface area contributed by atoms with Crippen LogP contribution in [0.3, 0.4) is 0 Å². The number of Topliss-reactive ketones (excluding diaryl/α,β-unsaturated/α-hetero) is 1. The van der Waals surface area contributed by atoms with Crippen molar-refractivity contribution >= 4 is 5.78 Å². The molecule has 2 nitrogen and oxygen atoms in total. The van der Waals surface area contributed by atoms with Crippen LogP contribution in [0.15, 0.2) is 12.7 Å². The zero-order valence-electron chi connectivity index (χ0n) is 11.6. The summed E-state index contributed by atoms with van der Waals surface area (Å²) in [6.45, 7) is 8.23. The average molecular weight is 238 g/mol. The smallest absolute Gasteiger partial charge is 0.164 e. The number of allylic oxidation sites excluding steroid dienone is 1. The summed E-state index contributed by atoms with van der Waals surface area (Å²) in [6, 6.07) is 0. The fraction of sp³-hybridized carbons (Fsp3) is 0.800. The standard InChI is InChI=1S/C15H26O2/c1-5-6-7-8-13(16)15(17-4)11-9-14(2,3)10-12-15/h5H,1,6-12H2,2-4H3. The molecule has 0 aromatic carbocycles. The van der Waals surface area contributed by atoms with Gasteiger partial charge in [0.2, 0.25) is 0 Å². The van der Waals surface area contributed by atoms with Crippen molar-refractivity contribution in [3.63, 3.8) is 0 Å². The molecule has 98 valence electrons. The van der Waals surface area contributed by atoms with Gasteiger partial charge in [-0.25, -0.2) is 0 Å². The lowest BCUT2D eigenvalue weighted by atomic mass is 9.69. The molecule has 0 N–H and O–H groups in total. The third-order valence-corrected chi connectivity index (χ3v) is 4.12. The molecule has 17 heavy (non-hydrogen) atoms. The van der Waals surface area contributed by atoms with E-state index in [4.69, 9.17) is 4.74 Å². The second kappa shape index (κ2) is 5.81. The van der Waals surface area contributed by atoms with Gasteiger partial charge in [0, 0.05) is 13.5 Å². The van der Waals surface area contributed by atoms with Crippen LogP contribution in [0, 0.1) is 5.41 Å². The van der Waals surface area contributed by atoms with Crippen LogP contribution in [0.2, 0.25) is 0 Å². The first-order chi connectivity index (χ1) is 7.96. The molecule has 0 atom stereocenters. The molecule has 0 saturated heterocycles. The van der Waals surface area contributed by atoms with Crippen molar-refractivity contribution in [3.05, 3.63) is 12.7 Å². The summed E-state index contributed by atoms with van der Waals surface area (Å²) < 4.78 is 5.59. The Balaban J connectivity index is 2.57. The average Bonchev–Trinajstić information content (AvgIpc) is 2.30. The van der Waals surface area contributed by atoms with Crippen molar-refractivity contribution in [2.45, 2.75) is 64.4 Å². The molecular formula is C15H26O2. The third kappa shape index (κ3) is 3.67. The van der Waals surface area contributed by atoms with Crippen molar-refractivity contribution in [1.29, 1.82) is 0 Å². The minimum Gasteiger partial charge on any atom is -0.370 e. The number of rotatable bonds is 6. The topological polar surface area (TPSA) is 26.3 Å². The Morgan fingerprint density at radius 2 is 1.88 bits per heavy atom. The molecule has 0 amide bonds. The van der Waals surface area contributed by atoms with Gasteiger partial charge in [0.05, 0.1) is 0 Å². The Kier molecular flexibility index (Phi) is 4.93. The molecular weight excluding hydrogens is 212 g/mol. The molecule has 0 spiro atoms. The molecule has 1 aliphatic carbocycles. The molecule has 1 saturated carbocycles. The summed E-state index contributed by atoms with van der Waals surface area (Å²) in [5.41, 5.74) is -0.125. The van der Waals surface area contributed by atoms with E-state index in [2.05, 4.69) is 20.4 Å². The highest BCUT2D eigenvalue weighted by atomic mass is 16.5. The highest BCUT2D eigenvalue weighted by molar-refractivity contribution is 5.87. The molecule has 0 radical (unpaired) electrons. The Morgan fingerprint density at radius 1 is 1.29 bits per heavy atom. The van der Waals surface area contributed by atoms with Gasteiger partial charge >= 0.3 is 0 Å². The van der Waals surface area contributed by atoms with E-state index in [9.17, 15) is 4.79 Å². The molecule has 2 heteroatoms. The van der Waals surface area contributed by atoms with Crippen LogP contribution in [0.4, 0.5) is 0 Å². The van der Waals surface area contributed by atoms with Gasteiger partial charge in [-0.2, -0.15) is 0 Å². The summed E-state index contributed by atoms with van der Waals surface area (Å²) in [6.07, 6.45) is 8.22. The summed E-state index contributed by atoms with van der Waals surface area (Å²) >= 11 is 0. The van der Waals surface area contributed by atoms with Gasteiger partial charge < -0.3 is 4.74 Å². The highest BCUT2D eigenvalue weighted by Gasteiger charge is 2.43. The minimum atomic E-state index is -0.489. The summed E-state index contributed by atoms with van der Waals surface area (Å²) in [7, 11) is 1.68. The minimum absolute atomic E-state index is 0.289. The first-order valence-corrected chi connectivity index (χ1v) is 6.65. The van der Waals surface area contributed by atoms with Gasteiger partial charge in [0.15, 0.2) is 5.78 Å². The summed E-state index contributed by atoms with van der Waals surface area (Å²) in [5, 5.41) is 0. The van der Waals surface area contributed by atoms with E-state index in [1.165, 1.54) is 0 Å². The number of ketones is 1. The monoisotopic (exact) mass is 238 g/mol. The molecule has 0 unspecified atom stereocenters. The van der Waals surface area contributed by atoms with Crippen LogP contribution in [0.5, 0.6) is 0 Å². The van der Waals surface area contributed by atoms with Gasteiger partial charge in [0.25, 0.3) is 0 Å². The van der Waals surface area contributed by atoms with Crippen LogP contribution in [-0.2, 0) is 9.53 Å². The van der Waals surface area contributed by atoms with Crippen molar-refractivity contribution < 1.29 is 9.53 Å². The number of carbonyl (C=O) groups is 1. The van der Waals surface area contributed by atoms with Gasteiger partial charge in [-0.15, -0.1) is 6.58 Å². The Labute approximate surface area is 105 Å². The predicted molar refractivity (Wildman–Crippen MR) is 71.0 cm³/mol. The Morgan fingerprint density at radius 3 is 2.35 bits per heavy atom. The number of carbonyl (C=O) groups excluding carboxylic acids is 1. The largest absolute Gasteiger partial charge is 0.370 e. The van der Waals surface area contributed by atoms with E-state index in [0.29, 0.717) is 11.8 Å². The zero-order valence-corrected chi connectivity index (χ0v) is 11.6. The second-order valence-corrected chi connectivity index (χ2v) is 5.97. The van der Waals surface area contributed by atoms with E-state index in [0.717, 1.165) is 38.5 Å². The quantitative estimate of drug-likeness (QED) is 0.518. The van der Waals surface area contributed by atoms with Gasteiger partial charge in [-0.1, -0.05) is 19.9 Å². The second-order valence-electron chi connectivity index (χ2n) is 5.97. The maximum atomic E-state index is 12.3. The van der Waals surface area contributed by atoms with E-state index in [1.54, 1.807) is 7.11 Å². The molecule has 1 aliphatic rings. The maximum absolute atomic E-state index is 12.3. The van der Waals surface area contributed by atoms with Crippen molar-refractivity contribution in [1.82, 2.24) is 0 Å². The Bertz CT molecular complexity index is 269. The normalized spacial score (nSPS) is 22.1. The van der Waals surface area contributed by atoms with Crippen LogP contribution in [0.1, 0.15) is 58.8 Å². The SMILES string of the molecule is C=CCCCC(=O)C1(OC)CCC(C)(C)CC1. The lowest BCUT2D eigenvalue weighted by molar-refractivity contribution is -0.148. The third-order valence-electron chi connectivity index (χ3n) is 4.12. The van der Waals surface area contributed by atoms with Gasteiger partial charge in [-0.3, -0.25) is 4.79 Å². The maximum Gasteiger partial charge on any atom is 0.164 e. The number of ether oxygens (including phenoxy) is 1. The fourth-order valence-corrected chi connectivity index (χ4v) is 2.56. The molecule has 1 fully saturated rings. The van der Waals surface area contributed by atoms with Crippen LogP contribution < -0.4 is 0 Å². The molecule has 0 aliphatic heterocycles. The number of unbranched alkanes of at least 4 members (excludes halogenated alkanes) is 1. The van der Waals surface area contributed by atoms with Crippen LogP contribution >= 0.6 is 0 Å². The Hall–Kier alpha value is -0.630. The molecule has 1 rings (SSSR count). The summed E-state index contributed by atoms with van der Waals surface area (Å²) in [4.78, 5) is 12.3. The van der Waals surface area contributed by atoms with E-state index in [-0.39, 0.29) is 5.78 Å². The zero-order chi connectivity index (χ0) is 12.9. The lowest BCUT2D eigenvalue weighted by Crippen LogP contribution is -2.45. The number of hydrogen-bond acceptors (Lipinski definition) is 2. The molecule has 0 heterocycles. The van der Waals surface area contributed by atoms with Crippen molar-refractivity contribution in [2.24, 2.45) is 5.41 Å². The van der Waals surface area contributed by atoms with E-state index >= 15 is 0 Å². The number of hydrogen-bond donors (Lipinski definition) is 0. The highest BCUT2D eigenvalue weighted by Crippen LogP contribution is 2.42. The van der Waals surface area contributed by atoms with Crippen LogP contribution in [-0.4, -0.2) is 18.5 Å². The number of methoxy groups -OCH3 is 1. The van der Waals surface area contributed by atoms with Crippen LogP contribution in [0.25, 0.3) is 0 Å². The molecule has 0 aromatic rings. The first-order valence-electron chi connectivity index (χ1n) is 6.65. The van der Waals surface area contributed by atoms with Gasteiger partial charge in [0.1, 0.15) is 5.60 Å². The predicted octanol–water partition coefficient (Wildman–Crippen LogP) is 3.90. The molecule has 0 aromatic heterocycles. The van der Waals surface area contributed by atoms with Crippen molar-refractivity contribution in [2.75, 3.05) is 7.11 Å².